The van der Waals surface area contributed by atoms with Gasteiger partial charge in [0, 0.05) is 20.1 Å². The fraction of sp³-hybridized carbons (Fsp3) is 0.0714. The molecule has 0 bridgehead atoms. The van der Waals surface area contributed by atoms with Gasteiger partial charge in [0.05, 0.1) is 24.5 Å². The van der Waals surface area contributed by atoms with E-state index in [9.17, 15) is 0 Å². The molecule has 0 unspecified atom stereocenters. The van der Waals surface area contributed by atoms with Gasteiger partial charge >= 0.3 is 0 Å². The zero-order chi connectivity index (χ0) is 21.9. The molecule has 0 atom stereocenters. The van der Waals surface area contributed by atoms with Crippen LogP contribution in [0.25, 0.3) is 22.3 Å². The smallest absolute Gasteiger partial charge is 0.0905 e. The van der Waals surface area contributed by atoms with Crippen molar-refractivity contribution in [1.82, 2.24) is 0 Å². The van der Waals surface area contributed by atoms with E-state index >= 15 is 0 Å². The van der Waals surface area contributed by atoms with Crippen LogP contribution in [0.15, 0.2) is 116 Å². The Balaban J connectivity index is 1.41. The van der Waals surface area contributed by atoms with Gasteiger partial charge in [0.1, 0.15) is 0 Å². The molecule has 32 heavy (non-hydrogen) atoms. The van der Waals surface area contributed by atoms with Crippen LogP contribution in [0.1, 0.15) is 11.1 Å². The van der Waals surface area contributed by atoms with Crippen molar-refractivity contribution in [2.45, 2.75) is 0 Å². The second kappa shape index (κ2) is 9.35. The third kappa shape index (κ3) is 4.52. The third-order valence-electron chi connectivity index (χ3n) is 5.54. The Morgan fingerprint density at radius 2 is 0.625 bits per heavy atom. The molecule has 2 nitrogen and oxygen atoms in total. The predicted molar refractivity (Wildman–Crippen MR) is 142 cm³/mol. The Bertz CT molecular complexity index is 1180. The maximum atomic E-state index is 4.84. The normalized spacial score (nSPS) is 13.4. The van der Waals surface area contributed by atoms with Gasteiger partial charge in [-0.25, -0.2) is 0 Å². The number of aliphatic imine (C=N–C) groups is 2. The van der Waals surface area contributed by atoms with Crippen molar-refractivity contribution < 1.29 is 0 Å². The number of hydrogen-bond acceptors (Lipinski definition) is 2. The van der Waals surface area contributed by atoms with E-state index in [4.69, 9.17) is 9.98 Å². The molecule has 5 rings (SSSR count). The average molecular weight is 544 g/mol. The summed E-state index contributed by atoms with van der Waals surface area (Å²) < 4.78 is 2.17. The molecule has 0 amide bonds. The topological polar surface area (TPSA) is 24.7 Å². The molecule has 0 fully saturated rings. The van der Waals surface area contributed by atoms with Crippen molar-refractivity contribution in [3.63, 3.8) is 0 Å². The van der Waals surface area contributed by atoms with E-state index in [0.717, 1.165) is 44.6 Å². The molecule has 0 aliphatic carbocycles. The maximum Gasteiger partial charge on any atom is 0.0905 e. The van der Waals surface area contributed by atoms with E-state index in [0.29, 0.717) is 0 Å². The molecule has 4 aromatic rings. The molecule has 4 heteroatoms. The summed E-state index contributed by atoms with van der Waals surface area (Å²) in [6.07, 6.45) is 0. The van der Waals surface area contributed by atoms with Crippen LogP contribution >= 0.6 is 31.9 Å². The van der Waals surface area contributed by atoms with Gasteiger partial charge in [-0.05, 0) is 46.5 Å². The third-order valence-corrected chi connectivity index (χ3v) is 6.59. The van der Waals surface area contributed by atoms with Crippen molar-refractivity contribution in [1.29, 1.82) is 0 Å². The number of benzene rings is 4. The number of nitrogens with zero attached hydrogens (tertiary/aromatic N) is 2. The Morgan fingerprint density at radius 1 is 0.375 bits per heavy atom. The standard InChI is InChI=1S/C28H20Br2N2/c29-25-13-9-21(10-14-25)19-1-5-23(6-2-19)27-28(32-18-17-31-27)24-7-3-20(4-8-24)22-11-15-26(30)16-12-22/h1-16H,17-18H2. The van der Waals surface area contributed by atoms with Crippen molar-refractivity contribution in [3.05, 3.63) is 117 Å². The lowest BCUT2D eigenvalue weighted by Crippen LogP contribution is -2.22. The van der Waals surface area contributed by atoms with E-state index in [2.05, 4.69) is 129 Å². The molecule has 0 radical (unpaired) electrons. The molecule has 156 valence electrons. The van der Waals surface area contributed by atoms with Gasteiger partial charge in [-0.2, -0.15) is 0 Å². The first-order valence-corrected chi connectivity index (χ1v) is 12.1. The van der Waals surface area contributed by atoms with Crippen LogP contribution < -0.4 is 0 Å². The van der Waals surface area contributed by atoms with Gasteiger partial charge in [0.25, 0.3) is 0 Å². The molecule has 0 aromatic heterocycles. The fourth-order valence-corrected chi connectivity index (χ4v) is 4.38. The van der Waals surface area contributed by atoms with E-state index < -0.39 is 0 Å². The summed E-state index contributed by atoms with van der Waals surface area (Å²) in [6, 6.07) is 34.0. The molecule has 0 saturated heterocycles. The van der Waals surface area contributed by atoms with Crippen LogP contribution in [-0.2, 0) is 0 Å². The molecule has 1 aliphatic heterocycles. The first-order chi connectivity index (χ1) is 15.7. The molecule has 0 N–H and O–H groups in total. The Kier molecular flexibility index (Phi) is 6.15. The lowest BCUT2D eigenvalue weighted by atomic mass is 9.95. The highest BCUT2D eigenvalue weighted by atomic mass is 79.9. The highest BCUT2D eigenvalue weighted by Gasteiger charge is 2.17. The summed E-state index contributed by atoms with van der Waals surface area (Å²) >= 11 is 7.00. The maximum absolute atomic E-state index is 4.84. The summed E-state index contributed by atoms with van der Waals surface area (Å²) in [5, 5.41) is 0. The second-order valence-electron chi connectivity index (χ2n) is 7.63. The minimum Gasteiger partial charge on any atom is -0.281 e. The van der Waals surface area contributed by atoms with Gasteiger partial charge in [-0.3, -0.25) is 9.98 Å². The summed E-state index contributed by atoms with van der Waals surface area (Å²) in [4.78, 5) is 9.67. The highest BCUT2D eigenvalue weighted by Crippen LogP contribution is 2.25. The van der Waals surface area contributed by atoms with Crippen LogP contribution in [0, 0.1) is 0 Å². The molecule has 0 spiro atoms. The van der Waals surface area contributed by atoms with E-state index in [1.54, 1.807) is 0 Å². The van der Waals surface area contributed by atoms with Crippen molar-refractivity contribution in [2.24, 2.45) is 9.98 Å². The van der Waals surface area contributed by atoms with Crippen molar-refractivity contribution >= 4 is 43.3 Å². The molecule has 1 heterocycles. The van der Waals surface area contributed by atoms with Crippen molar-refractivity contribution in [2.75, 3.05) is 13.1 Å². The first-order valence-electron chi connectivity index (χ1n) is 10.5. The fourth-order valence-electron chi connectivity index (χ4n) is 3.86. The summed E-state index contributed by atoms with van der Waals surface area (Å²) in [6.45, 7) is 1.45. The lowest BCUT2D eigenvalue weighted by molar-refractivity contribution is 0.964. The monoisotopic (exact) mass is 542 g/mol. The molecule has 0 saturated carbocycles. The lowest BCUT2D eigenvalue weighted by Gasteiger charge is -2.16. The van der Waals surface area contributed by atoms with E-state index in [-0.39, 0.29) is 0 Å². The number of hydrogen-bond donors (Lipinski definition) is 0. The van der Waals surface area contributed by atoms with Crippen LogP contribution in [-0.4, -0.2) is 24.5 Å². The van der Waals surface area contributed by atoms with Gasteiger partial charge in [0.2, 0.25) is 0 Å². The van der Waals surface area contributed by atoms with Crippen LogP contribution in [0.2, 0.25) is 0 Å². The minimum atomic E-state index is 0.726. The van der Waals surface area contributed by atoms with Gasteiger partial charge in [-0.1, -0.05) is 105 Å². The summed E-state index contributed by atoms with van der Waals surface area (Å²) in [5.74, 6) is 0. The number of halogens is 2. The molecule has 4 aromatic carbocycles. The minimum absolute atomic E-state index is 0.726. The summed E-state index contributed by atoms with van der Waals surface area (Å²) in [7, 11) is 0. The van der Waals surface area contributed by atoms with Crippen LogP contribution in [0.3, 0.4) is 0 Å². The molecular formula is C28H20Br2N2. The van der Waals surface area contributed by atoms with Crippen LogP contribution in [0.4, 0.5) is 0 Å². The van der Waals surface area contributed by atoms with Gasteiger partial charge < -0.3 is 0 Å². The highest BCUT2D eigenvalue weighted by molar-refractivity contribution is 9.10. The Labute approximate surface area is 205 Å². The molecule has 1 aliphatic rings. The first kappa shape index (κ1) is 21.0. The predicted octanol–water partition coefficient (Wildman–Crippen LogP) is 7.84. The Hall–Kier alpha value is -2.82. The zero-order valence-corrected chi connectivity index (χ0v) is 20.5. The van der Waals surface area contributed by atoms with Gasteiger partial charge in [-0.15, -0.1) is 0 Å². The van der Waals surface area contributed by atoms with Crippen molar-refractivity contribution in [3.8, 4) is 22.3 Å². The van der Waals surface area contributed by atoms with Crippen LogP contribution in [0.5, 0.6) is 0 Å². The van der Waals surface area contributed by atoms with E-state index in [1.165, 1.54) is 22.3 Å². The Morgan fingerprint density at radius 3 is 0.938 bits per heavy atom. The zero-order valence-electron chi connectivity index (χ0n) is 17.3. The summed E-state index contributed by atoms with van der Waals surface area (Å²) in [5.41, 5.74) is 8.91. The average Bonchev–Trinajstić information content (AvgIpc) is 2.85. The quantitative estimate of drug-likeness (QED) is 0.250. The SMILES string of the molecule is Brc1ccc(-c2ccc(C3=NCCN=C3c3ccc(-c4ccc(Br)cc4)cc3)cc2)cc1. The molecular weight excluding hydrogens is 524 g/mol. The number of rotatable bonds is 4. The van der Waals surface area contributed by atoms with E-state index in [1.807, 2.05) is 0 Å². The second-order valence-corrected chi connectivity index (χ2v) is 9.46. The largest absolute Gasteiger partial charge is 0.281 e. The van der Waals surface area contributed by atoms with Gasteiger partial charge in [0.15, 0.2) is 0 Å².